The molecule has 0 atom stereocenters. The lowest BCUT2D eigenvalue weighted by molar-refractivity contribution is 0.661. The summed E-state index contributed by atoms with van der Waals surface area (Å²) in [5, 5.41) is 3.59. The summed E-state index contributed by atoms with van der Waals surface area (Å²) in [6.07, 6.45) is 0. The zero-order valence-corrected chi connectivity index (χ0v) is 28.6. The summed E-state index contributed by atoms with van der Waals surface area (Å²) in [4.78, 5) is 9.30. The summed E-state index contributed by atoms with van der Waals surface area (Å²) >= 11 is 0. The predicted molar refractivity (Wildman–Crippen MR) is 222 cm³/mol. The number of fused-ring (bicyclic) bond motifs is 5. The molecule has 1 heterocycles. The summed E-state index contributed by atoms with van der Waals surface area (Å²) in [5.41, 5.74) is 3.62. The second kappa shape index (κ2) is 12.3. The largest absolute Gasteiger partial charge is 0.228 e. The van der Waals surface area contributed by atoms with Gasteiger partial charge in [0.25, 0.3) is 0 Å². The van der Waals surface area contributed by atoms with E-state index >= 15 is 0 Å². The number of hydrogen-bond acceptors (Lipinski definition) is 2. The Bertz CT molecular complexity index is 3680. The van der Waals surface area contributed by atoms with Gasteiger partial charge >= 0.3 is 0 Å². The predicted octanol–water partition coefficient (Wildman–Crippen LogP) is 13.4. The molecule has 8 aromatic carbocycles. The first-order chi connectivity index (χ1) is 32.3. The summed E-state index contributed by atoms with van der Waals surface area (Å²) in [5.74, 6) is -0.465. The molecule has 0 fully saturated rings. The van der Waals surface area contributed by atoms with Crippen LogP contribution >= 0.6 is 0 Å². The quantitative estimate of drug-likeness (QED) is 0.180. The van der Waals surface area contributed by atoms with Gasteiger partial charge in [0.1, 0.15) is 0 Å². The van der Waals surface area contributed by atoms with Crippen molar-refractivity contribution in [3.8, 4) is 67.3 Å². The van der Waals surface area contributed by atoms with Crippen molar-refractivity contribution < 1.29 is 20.6 Å². The highest BCUT2D eigenvalue weighted by Gasteiger charge is 2.37. The van der Waals surface area contributed by atoms with Crippen LogP contribution in [-0.4, -0.2) is 9.97 Å². The van der Waals surface area contributed by atoms with Gasteiger partial charge in [-0.05, 0) is 90.3 Å². The van der Waals surface area contributed by atoms with Crippen molar-refractivity contribution in [3.05, 3.63) is 193 Å². The first-order valence-electron chi connectivity index (χ1n) is 24.6. The molecule has 0 unspecified atom stereocenters. The molecule has 0 spiro atoms. The number of nitrogens with zero attached hydrogens (tertiary/aromatic N) is 2. The molecule has 0 saturated carbocycles. The average molecular weight is 692 g/mol. The molecule has 10 rings (SSSR count). The lowest BCUT2D eigenvalue weighted by Crippen LogP contribution is -2.14. The molecule has 1 aliphatic rings. The van der Waals surface area contributed by atoms with Crippen LogP contribution in [0.15, 0.2) is 182 Å². The molecule has 1 aliphatic carbocycles. The molecule has 0 aliphatic heterocycles. The van der Waals surface area contributed by atoms with Crippen LogP contribution < -0.4 is 0 Å². The minimum atomic E-state index is -0.801. The van der Waals surface area contributed by atoms with Crippen molar-refractivity contribution in [2.45, 2.75) is 19.3 Å². The number of rotatable bonds is 5. The highest BCUT2D eigenvalue weighted by Crippen LogP contribution is 2.54. The van der Waals surface area contributed by atoms with Crippen molar-refractivity contribution in [1.29, 1.82) is 0 Å². The van der Waals surface area contributed by atoms with Gasteiger partial charge in [0.15, 0.2) is 5.82 Å². The third-order valence-electron chi connectivity index (χ3n) is 10.0. The number of benzene rings is 8. The van der Waals surface area contributed by atoms with Gasteiger partial charge in [0.05, 0.1) is 31.9 Å². The van der Waals surface area contributed by atoms with E-state index in [1.807, 2.05) is 48.5 Å². The molecule has 0 amide bonds. The van der Waals surface area contributed by atoms with Crippen LogP contribution in [0.1, 0.15) is 45.5 Å². The van der Waals surface area contributed by atoms with E-state index in [9.17, 15) is 2.74 Å². The summed E-state index contributed by atoms with van der Waals surface area (Å²) in [7, 11) is 0. The van der Waals surface area contributed by atoms with Crippen molar-refractivity contribution in [2.75, 3.05) is 0 Å². The minimum Gasteiger partial charge on any atom is -0.228 e. The molecular weight excluding hydrogens is 641 g/mol. The first-order valence-corrected chi connectivity index (χ1v) is 17.1. The van der Waals surface area contributed by atoms with E-state index in [-0.39, 0.29) is 11.1 Å². The standard InChI is InChI=1S/C51H36N2/c1-51(2)45-26-14-25-43(49(45)44-30-36-19-9-10-20-37(36)31-46(44)51)41-27-28-42(40-24-12-11-23-39(40)41)48-32-47(52-50(53-48)34-17-7-4-8-18-34)38-22-13-21-35(29-38)33-15-5-3-6-16-33/h3-32H,1-2H3/i3D,4D,5D,6D,7D,8D,13D,15D,16D,17D,18D,21D,22D,29D,32D. The number of aromatic nitrogens is 2. The summed E-state index contributed by atoms with van der Waals surface area (Å²) in [6, 6.07) is 19.4. The SMILES string of the molecule is [2H]c1c(-c2c([2H])c([2H])c([2H])c(-c3c([2H])c([2H])c([2H])c([2H])c3[2H])c2[2H])nc(-c2c([2H])c([2H])c([2H])c([2H])c2[2H])nc1-c1ccc(-c2cccc3c2-c2cc4ccccc4cc2C3(C)C)c2ccccc12. The van der Waals surface area contributed by atoms with Gasteiger partial charge in [-0.2, -0.15) is 0 Å². The molecule has 0 radical (unpaired) electrons. The highest BCUT2D eigenvalue weighted by molar-refractivity contribution is 6.08. The molecule has 53 heavy (non-hydrogen) atoms. The maximum Gasteiger partial charge on any atom is 0.160 e. The van der Waals surface area contributed by atoms with Gasteiger partial charge in [-0.3, -0.25) is 0 Å². The van der Waals surface area contributed by atoms with Crippen LogP contribution in [0, 0.1) is 0 Å². The lowest BCUT2D eigenvalue weighted by atomic mass is 9.81. The molecule has 0 N–H and O–H groups in total. The van der Waals surface area contributed by atoms with E-state index in [2.05, 4.69) is 55.2 Å². The van der Waals surface area contributed by atoms with E-state index in [0.717, 1.165) is 44.0 Å². The normalized spacial score (nSPS) is 16.8. The van der Waals surface area contributed by atoms with Crippen LogP contribution in [-0.2, 0) is 5.41 Å². The Hall–Kier alpha value is -6.64. The zero-order valence-electron chi connectivity index (χ0n) is 43.6. The second-order valence-electron chi connectivity index (χ2n) is 13.4. The van der Waals surface area contributed by atoms with E-state index in [0.29, 0.717) is 10.9 Å². The average Bonchev–Trinajstić information content (AvgIpc) is 3.56. The zero-order chi connectivity index (χ0) is 48.6. The molecule has 1 aromatic heterocycles. The molecule has 9 aromatic rings. The molecule has 250 valence electrons. The smallest absolute Gasteiger partial charge is 0.160 e. The van der Waals surface area contributed by atoms with Crippen molar-refractivity contribution >= 4 is 21.5 Å². The highest BCUT2D eigenvalue weighted by atomic mass is 14.9. The molecule has 0 bridgehead atoms. The Kier molecular flexibility index (Phi) is 4.45. The third kappa shape index (κ3) is 5.18. The number of hydrogen-bond donors (Lipinski definition) is 0. The molecule has 2 nitrogen and oxygen atoms in total. The molecule has 0 saturated heterocycles. The molecular formula is C51H36N2. The fourth-order valence-corrected chi connectivity index (χ4v) is 7.52. The lowest BCUT2D eigenvalue weighted by Gasteiger charge is -2.22. The third-order valence-corrected chi connectivity index (χ3v) is 10.0. The Morgan fingerprint density at radius 1 is 0.453 bits per heavy atom. The van der Waals surface area contributed by atoms with Gasteiger partial charge in [0.2, 0.25) is 0 Å². The summed E-state index contributed by atoms with van der Waals surface area (Å²) < 4.78 is 131. The monoisotopic (exact) mass is 691 g/mol. The van der Waals surface area contributed by atoms with Crippen LogP contribution in [0.25, 0.3) is 88.8 Å². The second-order valence-corrected chi connectivity index (χ2v) is 13.4. The van der Waals surface area contributed by atoms with Crippen LogP contribution in [0.2, 0.25) is 0 Å². The maximum atomic E-state index is 9.81. The minimum absolute atomic E-state index is 0.125. The van der Waals surface area contributed by atoms with E-state index in [1.165, 1.54) is 5.56 Å². The molecule has 2 heteroatoms. The van der Waals surface area contributed by atoms with Crippen LogP contribution in [0.3, 0.4) is 0 Å². The Balaban J connectivity index is 1.28. The Morgan fingerprint density at radius 2 is 1.08 bits per heavy atom. The fourth-order valence-electron chi connectivity index (χ4n) is 7.52. The van der Waals surface area contributed by atoms with Gasteiger partial charge in [0, 0.05) is 22.1 Å². The van der Waals surface area contributed by atoms with Crippen LogP contribution in [0.5, 0.6) is 0 Å². The fraction of sp³-hybridized carbons (Fsp3) is 0.0588. The van der Waals surface area contributed by atoms with Gasteiger partial charge in [-0.25, -0.2) is 9.97 Å². The van der Waals surface area contributed by atoms with Crippen molar-refractivity contribution in [1.82, 2.24) is 9.97 Å². The topological polar surface area (TPSA) is 25.8 Å². The maximum absolute atomic E-state index is 9.81. The van der Waals surface area contributed by atoms with E-state index in [4.69, 9.17) is 22.8 Å². The van der Waals surface area contributed by atoms with Gasteiger partial charge < -0.3 is 0 Å². The van der Waals surface area contributed by atoms with Crippen molar-refractivity contribution in [2.24, 2.45) is 0 Å². The first kappa shape index (κ1) is 19.3. The van der Waals surface area contributed by atoms with Crippen molar-refractivity contribution in [3.63, 3.8) is 0 Å². The summed E-state index contributed by atoms with van der Waals surface area (Å²) in [6.45, 7) is 4.43. The van der Waals surface area contributed by atoms with Gasteiger partial charge in [-0.1, -0.05) is 171 Å². The van der Waals surface area contributed by atoms with Gasteiger partial charge in [-0.15, -0.1) is 0 Å². The van der Waals surface area contributed by atoms with E-state index in [1.54, 1.807) is 6.07 Å². The van der Waals surface area contributed by atoms with Crippen LogP contribution in [0.4, 0.5) is 0 Å². The Morgan fingerprint density at radius 3 is 1.85 bits per heavy atom. The van der Waals surface area contributed by atoms with E-state index < -0.39 is 124 Å². The Labute approximate surface area is 331 Å².